The Hall–Kier alpha value is -1.90. The minimum absolute atomic E-state index is 0.107. The van der Waals surface area contributed by atoms with Gasteiger partial charge in [-0.05, 0) is 48.2 Å². The molecule has 2 aromatic rings. The quantitative estimate of drug-likeness (QED) is 0.816. The number of primary sulfonamides is 1. The van der Waals surface area contributed by atoms with Crippen molar-refractivity contribution in [1.29, 1.82) is 0 Å². The molecule has 0 spiro atoms. The van der Waals surface area contributed by atoms with Crippen molar-refractivity contribution in [2.45, 2.75) is 30.1 Å². The normalized spacial score (nSPS) is 12.3. The highest BCUT2D eigenvalue weighted by molar-refractivity contribution is 7.92. The van der Waals surface area contributed by atoms with Gasteiger partial charge in [-0.3, -0.25) is 4.72 Å². The fourth-order valence-corrected chi connectivity index (χ4v) is 3.84. The molecule has 2 rings (SSSR count). The molecule has 3 N–H and O–H groups in total. The van der Waals surface area contributed by atoms with E-state index < -0.39 is 20.0 Å². The minimum atomic E-state index is -3.90. The van der Waals surface area contributed by atoms with Gasteiger partial charge in [0.1, 0.15) is 0 Å². The summed E-state index contributed by atoms with van der Waals surface area (Å²) in [5.74, 6) is 0.478. The molecular weight excluding hydrogens is 348 g/mol. The molecule has 130 valence electrons. The van der Waals surface area contributed by atoms with Crippen molar-refractivity contribution in [3.8, 4) is 0 Å². The maximum absolute atomic E-state index is 12.4. The van der Waals surface area contributed by atoms with E-state index >= 15 is 0 Å². The summed E-state index contributed by atoms with van der Waals surface area (Å²) in [4.78, 5) is -0.0500. The molecule has 0 aliphatic heterocycles. The van der Waals surface area contributed by atoms with Crippen LogP contribution < -0.4 is 9.86 Å². The van der Waals surface area contributed by atoms with Crippen LogP contribution in [-0.2, 0) is 26.5 Å². The molecule has 0 unspecified atom stereocenters. The molecule has 0 aliphatic carbocycles. The second-order valence-electron chi connectivity index (χ2n) is 5.92. The van der Waals surface area contributed by atoms with Crippen LogP contribution in [0.4, 0.5) is 5.69 Å². The summed E-state index contributed by atoms with van der Waals surface area (Å²) >= 11 is 0. The molecule has 0 fully saturated rings. The first-order chi connectivity index (χ1) is 11.1. The van der Waals surface area contributed by atoms with Gasteiger partial charge in [-0.2, -0.15) is 0 Å². The summed E-state index contributed by atoms with van der Waals surface area (Å²) in [6.45, 7) is 4.18. The number of sulfonamides is 2. The largest absolute Gasteiger partial charge is 0.280 e. The highest BCUT2D eigenvalue weighted by Crippen LogP contribution is 2.20. The van der Waals surface area contributed by atoms with E-state index in [2.05, 4.69) is 18.6 Å². The van der Waals surface area contributed by atoms with Crippen LogP contribution in [0.15, 0.2) is 58.3 Å². The van der Waals surface area contributed by atoms with Gasteiger partial charge in [-0.25, -0.2) is 22.0 Å². The van der Waals surface area contributed by atoms with E-state index in [1.807, 2.05) is 0 Å². The molecular formula is C16H20N2O4S2. The van der Waals surface area contributed by atoms with Crippen LogP contribution in [0.25, 0.3) is 0 Å². The van der Waals surface area contributed by atoms with Crippen LogP contribution >= 0.6 is 0 Å². The number of hydrogen-bond acceptors (Lipinski definition) is 4. The topological polar surface area (TPSA) is 106 Å². The van der Waals surface area contributed by atoms with Crippen LogP contribution in [0.2, 0.25) is 0 Å². The molecule has 0 saturated carbocycles. The van der Waals surface area contributed by atoms with Crippen molar-refractivity contribution in [3.05, 3.63) is 54.1 Å². The fraction of sp³-hybridized carbons (Fsp3) is 0.250. The van der Waals surface area contributed by atoms with Gasteiger partial charge in [0, 0.05) is 0 Å². The maximum Gasteiger partial charge on any atom is 0.261 e. The van der Waals surface area contributed by atoms with Crippen LogP contribution in [0.5, 0.6) is 0 Å². The predicted molar refractivity (Wildman–Crippen MR) is 93.6 cm³/mol. The Morgan fingerprint density at radius 3 is 2.12 bits per heavy atom. The van der Waals surface area contributed by atoms with Crippen molar-refractivity contribution in [2.75, 3.05) is 4.72 Å². The average Bonchev–Trinajstić information content (AvgIpc) is 2.46. The minimum Gasteiger partial charge on any atom is -0.280 e. The molecule has 0 radical (unpaired) electrons. The van der Waals surface area contributed by atoms with Crippen molar-refractivity contribution in [3.63, 3.8) is 0 Å². The molecule has 0 atom stereocenters. The van der Waals surface area contributed by atoms with Crippen molar-refractivity contribution in [2.24, 2.45) is 11.1 Å². The summed E-state index contributed by atoms with van der Waals surface area (Å²) in [7, 11) is -7.70. The Bertz CT molecular complexity index is 919. The second-order valence-corrected chi connectivity index (χ2v) is 9.16. The molecule has 24 heavy (non-hydrogen) atoms. The zero-order valence-corrected chi connectivity index (χ0v) is 15.1. The molecule has 0 heterocycles. The number of hydrogen-bond donors (Lipinski definition) is 2. The Kier molecular flexibility index (Phi) is 5.32. The van der Waals surface area contributed by atoms with E-state index in [1.54, 1.807) is 12.1 Å². The second kappa shape index (κ2) is 6.92. The first-order valence-electron chi connectivity index (χ1n) is 7.32. The molecule has 0 amide bonds. The monoisotopic (exact) mass is 368 g/mol. The summed E-state index contributed by atoms with van der Waals surface area (Å²) in [5, 5.41) is 5.05. The summed E-state index contributed by atoms with van der Waals surface area (Å²) in [6, 6.07) is 12.0. The smallest absolute Gasteiger partial charge is 0.261 e. The zero-order chi connectivity index (χ0) is 18.0. The van der Waals surface area contributed by atoms with Crippen LogP contribution in [0.3, 0.4) is 0 Å². The van der Waals surface area contributed by atoms with Crippen molar-refractivity contribution in [1.82, 2.24) is 0 Å². The van der Waals surface area contributed by atoms with E-state index in [-0.39, 0.29) is 15.5 Å². The van der Waals surface area contributed by atoms with E-state index in [9.17, 15) is 16.8 Å². The van der Waals surface area contributed by atoms with Gasteiger partial charge in [-0.1, -0.05) is 32.0 Å². The fourth-order valence-electron chi connectivity index (χ4n) is 2.23. The molecule has 0 saturated heterocycles. The van der Waals surface area contributed by atoms with Gasteiger partial charge >= 0.3 is 0 Å². The summed E-state index contributed by atoms with van der Waals surface area (Å²) in [5.41, 5.74) is 1.19. The number of anilines is 1. The third-order valence-corrected chi connectivity index (χ3v) is 5.60. The Balaban J connectivity index is 2.25. The van der Waals surface area contributed by atoms with Crippen molar-refractivity contribution < 1.29 is 16.8 Å². The molecule has 8 heteroatoms. The van der Waals surface area contributed by atoms with Gasteiger partial charge < -0.3 is 0 Å². The van der Waals surface area contributed by atoms with Gasteiger partial charge in [-0.15, -0.1) is 0 Å². The lowest BCUT2D eigenvalue weighted by atomic mass is 10.0. The van der Waals surface area contributed by atoms with E-state index in [0.717, 1.165) is 12.0 Å². The van der Waals surface area contributed by atoms with Crippen LogP contribution in [0.1, 0.15) is 19.4 Å². The van der Waals surface area contributed by atoms with E-state index in [1.165, 1.54) is 36.4 Å². The number of benzene rings is 2. The lowest BCUT2D eigenvalue weighted by molar-refractivity contribution is 0.596. The standard InChI is InChI=1S/C16H20N2O4S2/c1-12(2)10-13-6-8-15(9-7-13)24(21,22)18-14-4-3-5-16(11-14)23(17,19)20/h3-9,11-12,18H,10H2,1-2H3,(H2,17,19,20). The summed E-state index contributed by atoms with van der Waals surface area (Å²) < 4.78 is 49.9. The first kappa shape index (κ1) is 18.4. The van der Waals surface area contributed by atoms with E-state index in [0.29, 0.717) is 5.92 Å². The van der Waals surface area contributed by atoms with Crippen LogP contribution in [0, 0.1) is 5.92 Å². The number of nitrogens with two attached hydrogens (primary N) is 1. The van der Waals surface area contributed by atoms with Crippen LogP contribution in [-0.4, -0.2) is 16.8 Å². The predicted octanol–water partition coefficient (Wildman–Crippen LogP) is 2.33. The van der Waals surface area contributed by atoms with Crippen molar-refractivity contribution >= 4 is 25.7 Å². The Labute approximate surface area is 142 Å². The number of nitrogens with one attached hydrogen (secondary N) is 1. The van der Waals surface area contributed by atoms with Gasteiger partial charge in [0.05, 0.1) is 15.5 Å². The average molecular weight is 368 g/mol. The third-order valence-electron chi connectivity index (χ3n) is 3.29. The molecule has 6 nitrogen and oxygen atoms in total. The number of rotatable bonds is 6. The lowest BCUT2D eigenvalue weighted by Crippen LogP contribution is -2.15. The molecule has 0 aliphatic rings. The molecule has 2 aromatic carbocycles. The van der Waals surface area contributed by atoms with Gasteiger partial charge in [0.2, 0.25) is 10.0 Å². The first-order valence-corrected chi connectivity index (χ1v) is 10.4. The molecule has 0 bridgehead atoms. The highest BCUT2D eigenvalue weighted by atomic mass is 32.2. The lowest BCUT2D eigenvalue weighted by Gasteiger charge is -2.10. The Morgan fingerprint density at radius 2 is 1.58 bits per heavy atom. The van der Waals surface area contributed by atoms with Gasteiger partial charge in [0.25, 0.3) is 10.0 Å². The van der Waals surface area contributed by atoms with E-state index in [4.69, 9.17) is 5.14 Å². The third kappa shape index (κ3) is 4.80. The highest BCUT2D eigenvalue weighted by Gasteiger charge is 2.16. The maximum atomic E-state index is 12.4. The SMILES string of the molecule is CC(C)Cc1ccc(S(=O)(=O)Nc2cccc(S(N)(=O)=O)c2)cc1. The molecule has 0 aromatic heterocycles. The zero-order valence-electron chi connectivity index (χ0n) is 13.4. The summed E-state index contributed by atoms with van der Waals surface area (Å²) in [6.07, 6.45) is 0.865. The Morgan fingerprint density at radius 1 is 0.958 bits per heavy atom. The van der Waals surface area contributed by atoms with Gasteiger partial charge in [0.15, 0.2) is 0 Å².